The number of nitrogens with zero attached hydrogens (tertiary/aromatic N) is 1. The van der Waals surface area contributed by atoms with E-state index in [2.05, 4.69) is 5.32 Å². The van der Waals surface area contributed by atoms with Crippen LogP contribution in [0.4, 0.5) is 0 Å². The van der Waals surface area contributed by atoms with E-state index in [1.807, 2.05) is 0 Å². The summed E-state index contributed by atoms with van der Waals surface area (Å²) in [4.78, 5) is 1.16. The second kappa shape index (κ2) is 4.30. The molecule has 0 aliphatic carbocycles. The van der Waals surface area contributed by atoms with E-state index in [4.69, 9.17) is 17.1 Å². The first-order chi connectivity index (χ1) is 11.2. The maximum atomic E-state index is 10.8. The second-order valence-corrected chi connectivity index (χ2v) is 5.35. The predicted molar refractivity (Wildman–Crippen MR) is 78.3 cm³/mol. The Kier molecular flexibility index (Phi) is 1.89. The van der Waals surface area contributed by atoms with Crippen LogP contribution < -0.4 is 5.32 Å². The van der Waals surface area contributed by atoms with E-state index in [-0.39, 0.29) is 0 Å². The number of aliphatic hydroxyl groups excluding tert-OH is 1. The first kappa shape index (κ1) is 8.80. The van der Waals surface area contributed by atoms with Crippen LogP contribution in [0, 0.1) is 0 Å². The van der Waals surface area contributed by atoms with Crippen LogP contribution in [0.25, 0.3) is 0 Å². The minimum Gasteiger partial charge on any atom is -0.374 e. The zero-order chi connectivity index (χ0) is 17.3. The van der Waals surface area contributed by atoms with Crippen LogP contribution in [0.2, 0.25) is 5.02 Å². The first-order valence-corrected chi connectivity index (χ1v) is 6.72. The quantitative estimate of drug-likeness (QED) is 0.847. The van der Waals surface area contributed by atoms with Crippen molar-refractivity contribution in [1.29, 1.82) is 0 Å². The molecule has 20 heavy (non-hydrogen) atoms. The molecule has 0 amide bonds. The molecule has 1 saturated heterocycles. The van der Waals surface area contributed by atoms with E-state index in [1.165, 1.54) is 0 Å². The average molecular weight is 291 g/mol. The molecular formula is C16H15ClN2O. The molecule has 2 aromatic carbocycles. The molecule has 0 saturated carbocycles. The lowest BCUT2D eigenvalue weighted by Gasteiger charge is -2.34. The molecule has 2 unspecified atom stereocenters. The fraction of sp³-hybridized carbons (Fsp3) is 0.250. The molecule has 2 N–H and O–H groups in total. The van der Waals surface area contributed by atoms with Gasteiger partial charge < -0.3 is 5.11 Å². The lowest BCUT2D eigenvalue weighted by Crippen LogP contribution is -2.46. The Labute approximate surface area is 128 Å². The zero-order valence-electron chi connectivity index (χ0n) is 14.5. The standard InChI is InChI=1S/C16H15ClN2O/c17-12-7-5-11(6-8-12)16-14-4-2-1-3-13(14)15(20)19(16)10-9-18-16/h1-8,15,18,20H,9-10H2/i9D2,10D2. The van der Waals surface area contributed by atoms with Gasteiger partial charge in [0.15, 0.2) is 0 Å². The van der Waals surface area contributed by atoms with E-state index in [0.717, 1.165) is 4.90 Å². The van der Waals surface area contributed by atoms with Gasteiger partial charge in [-0.1, -0.05) is 48.0 Å². The summed E-state index contributed by atoms with van der Waals surface area (Å²) >= 11 is 5.97. The molecule has 2 aliphatic rings. The normalized spacial score (nSPS) is 36.4. The van der Waals surface area contributed by atoms with Gasteiger partial charge in [0.25, 0.3) is 0 Å². The average Bonchev–Trinajstić information content (AvgIpc) is 2.87. The van der Waals surface area contributed by atoms with Gasteiger partial charge in [0, 0.05) is 29.1 Å². The fourth-order valence-electron chi connectivity index (χ4n) is 3.01. The molecule has 1 fully saturated rings. The van der Waals surface area contributed by atoms with Crippen molar-refractivity contribution >= 4 is 11.6 Å². The van der Waals surface area contributed by atoms with E-state index in [0.29, 0.717) is 21.7 Å². The van der Waals surface area contributed by atoms with Crippen molar-refractivity contribution in [2.75, 3.05) is 13.0 Å². The van der Waals surface area contributed by atoms with Gasteiger partial charge in [-0.25, -0.2) is 4.90 Å². The van der Waals surface area contributed by atoms with Crippen molar-refractivity contribution in [2.24, 2.45) is 0 Å². The molecule has 0 aromatic heterocycles. The Bertz CT molecular complexity index is 814. The lowest BCUT2D eigenvalue weighted by molar-refractivity contribution is -0.0173. The summed E-state index contributed by atoms with van der Waals surface area (Å²) in [6.45, 7) is -4.79. The Morgan fingerprint density at radius 1 is 1.25 bits per heavy atom. The first-order valence-electron chi connectivity index (χ1n) is 8.34. The summed E-state index contributed by atoms with van der Waals surface area (Å²) in [5.74, 6) is 0. The molecule has 4 rings (SSSR count). The molecule has 2 aliphatic heterocycles. The highest BCUT2D eigenvalue weighted by molar-refractivity contribution is 6.30. The summed E-state index contributed by atoms with van der Waals surface area (Å²) in [6.07, 6.45) is -1.27. The van der Waals surface area contributed by atoms with Gasteiger partial charge >= 0.3 is 0 Å². The van der Waals surface area contributed by atoms with Crippen LogP contribution >= 0.6 is 11.6 Å². The highest BCUT2D eigenvalue weighted by Crippen LogP contribution is 2.49. The monoisotopic (exact) mass is 290 g/mol. The number of aliphatic hydroxyl groups is 1. The van der Waals surface area contributed by atoms with Crippen LogP contribution in [0.1, 0.15) is 28.4 Å². The molecule has 4 heteroatoms. The number of fused-ring (bicyclic) bond motifs is 3. The largest absolute Gasteiger partial charge is 0.374 e. The van der Waals surface area contributed by atoms with Crippen molar-refractivity contribution in [1.82, 2.24) is 10.2 Å². The molecule has 0 spiro atoms. The minimum absolute atomic E-state index is 0.526. The van der Waals surface area contributed by atoms with Crippen LogP contribution in [-0.2, 0) is 5.66 Å². The van der Waals surface area contributed by atoms with Crippen LogP contribution in [0.15, 0.2) is 48.5 Å². The van der Waals surface area contributed by atoms with Crippen molar-refractivity contribution in [3.63, 3.8) is 0 Å². The van der Waals surface area contributed by atoms with E-state index in [1.54, 1.807) is 48.5 Å². The lowest BCUT2D eigenvalue weighted by atomic mass is 9.91. The zero-order valence-corrected chi connectivity index (χ0v) is 11.2. The van der Waals surface area contributed by atoms with Crippen molar-refractivity contribution in [3.8, 4) is 0 Å². The SMILES string of the molecule is [2H]C1([2H])NC2(c3ccc(Cl)cc3)c3ccccc3C(O)N2C1([2H])[2H]. The van der Waals surface area contributed by atoms with E-state index in [9.17, 15) is 5.11 Å². The van der Waals surface area contributed by atoms with E-state index < -0.39 is 24.9 Å². The highest BCUT2D eigenvalue weighted by atomic mass is 35.5. The third kappa shape index (κ3) is 1.46. The number of hydrogen-bond acceptors (Lipinski definition) is 3. The summed E-state index contributed by atoms with van der Waals surface area (Å²) < 4.78 is 32.9. The Morgan fingerprint density at radius 2 is 2.00 bits per heavy atom. The molecule has 102 valence electrons. The maximum absolute atomic E-state index is 10.8. The summed E-state index contributed by atoms with van der Waals surface area (Å²) in [5.41, 5.74) is 0.485. The Hall–Kier alpha value is -1.39. The van der Waals surface area contributed by atoms with Crippen LogP contribution in [0.3, 0.4) is 0 Å². The van der Waals surface area contributed by atoms with Crippen molar-refractivity contribution in [2.45, 2.75) is 11.9 Å². The van der Waals surface area contributed by atoms with Crippen molar-refractivity contribution in [3.05, 3.63) is 70.2 Å². The Balaban J connectivity index is 2.04. The third-order valence-corrected chi connectivity index (χ3v) is 4.17. The van der Waals surface area contributed by atoms with Crippen LogP contribution in [-0.4, -0.2) is 23.0 Å². The molecular weight excluding hydrogens is 272 g/mol. The molecule has 2 heterocycles. The predicted octanol–water partition coefficient (Wildman–Crippen LogP) is 2.45. The third-order valence-electron chi connectivity index (χ3n) is 3.92. The minimum atomic E-state index is -2.43. The number of nitrogens with one attached hydrogen (secondary N) is 1. The number of hydrogen-bond donors (Lipinski definition) is 2. The number of benzene rings is 2. The van der Waals surface area contributed by atoms with Gasteiger partial charge in [-0.2, -0.15) is 0 Å². The highest BCUT2D eigenvalue weighted by Gasteiger charge is 2.53. The maximum Gasteiger partial charge on any atom is 0.135 e. The Morgan fingerprint density at radius 3 is 2.80 bits per heavy atom. The van der Waals surface area contributed by atoms with E-state index >= 15 is 0 Å². The second-order valence-electron chi connectivity index (χ2n) is 4.91. The van der Waals surface area contributed by atoms with Gasteiger partial charge in [0.1, 0.15) is 11.9 Å². The molecule has 2 atom stereocenters. The van der Waals surface area contributed by atoms with Gasteiger partial charge in [-0.05, 0) is 23.3 Å². The molecule has 0 radical (unpaired) electrons. The fourth-order valence-corrected chi connectivity index (χ4v) is 3.14. The topological polar surface area (TPSA) is 35.5 Å². The van der Waals surface area contributed by atoms with Crippen molar-refractivity contribution < 1.29 is 10.6 Å². The molecule has 3 nitrogen and oxygen atoms in total. The number of rotatable bonds is 1. The van der Waals surface area contributed by atoms with Gasteiger partial charge in [0.2, 0.25) is 0 Å². The smallest absolute Gasteiger partial charge is 0.135 e. The summed E-state index contributed by atoms with van der Waals surface area (Å²) in [5, 5.41) is 14.1. The molecule has 0 bridgehead atoms. The van der Waals surface area contributed by atoms with Gasteiger partial charge in [0.05, 0.1) is 0 Å². The van der Waals surface area contributed by atoms with Gasteiger partial charge in [-0.3, -0.25) is 5.32 Å². The molecule has 2 aromatic rings. The summed E-state index contributed by atoms with van der Waals surface area (Å²) in [6, 6.07) is 13.8. The summed E-state index contributed by atoms with van der Waals surface area (Å²) in [7, 11) is 0. The number of halogens is 1. The van der Waals surface area contributed by atoms with Gasteiger partial charge in [-0.15, -0.1) is 0 Å². The van der Waals surface area contributed by atoms with Crippen LogP contribution in [0.5, 0.6) is 0 Å².